The van der Waals surface area contributed by atoms with Crippen LogP contribution in [0.15, 0.2) is 42.5 Å². The molecule has 1 aliphatic heterocycles. The molecule has 1 heterocycles. The molecule has 1 aliphatic rings. The van der Waals surface area contributed by atoms with Crippen molar-refractivity contribution in [1.82, 2.24) is 10.8 Å². The van der Waals surface area contributed by atoms with Gasteiger partial charge in [0, 0.05) is 39.2 Å². The minimum atomic E-state index is -5.51. The van der Waals surface area contributed by atoms with Gasteiger partial charge >= 0.3 is 18.5 Å². The Morgan fingerprint density at radius 1 is 1.02 bits per heavy atom. The third-order valence-corrected chi connectivity index (χ3v) is 9.49. The van der Waals surface area contributed by atoms with E-state index in [1.807, 2.05) is 5.48 Å². The Morgan fingerprint density at radius 2 is 1.62 bits per heavy atom. The van der Waals surface area contributed by atoms with E-state index in [4.69, 9.17) is 16.4 Å². The summed E-state index contributed by atoms with van der Waals surface area (Å²) in [5.74, 6) is 0.272. The van der Waals surface area contributed by atoms with Crippen LogP contribution in [0.4, 0.5) is 39.5 Å². The second kappa shape index (κ2) is 12.7. The molecule has 5 nitrogen and oxygen atoms in total. The lowest BCUT2D eigenvalue weighted by molar-refractivity contribution is -0.269. The number of rotatable bonds is 9. The average molecular weight is 669 g/mol. The highest BCUT2D eigenvalue weighted by Crippen LogP contribution is 2.49. The van der Waals surface area contributed by atoms with Gasteiger partial charge < -0.3 is 5.32 Å². The molecule has 1 amide bonds. The lowest BCUT2D eigenvalue weighted by Gasteiger charge is -2.29. The molecule has 0 aliphatic carbocycles. The quantitative estimate of drug-likeness (QED) is 0.278. The summed E-state index contributed by atoms with van der Waals surface area (Å²) in [6.07, 6.45) is -16.0. The van der Waals surface area contributed by atoms with Crippen LogP contribution in [0.5, 0.6) is 0 Å². The Balaban J connectivity index is 1.98. The number of carbonyl (C=O) groups excluding carboxylic acids is 1. The Bertz CT molecular complexity index is 1350. The first-order chi connectivity index (χ1) is 19.3. The molecule has 0 aromatic heterocycles. The molecule has 42 heavy (non-hydrogen) atoms. The van der Waals surface area contributed by atoms with E-state index >= 15 is 0 Å². The maximum atomic E-state index is 14.3. The van der Waals surface area contributed by atoms with E-state index in [1.165, 1.54) is 30.0 Å². The maximum absolute atomic E-state index is 14.3. The Kier molecular flexibility index (Phi) is 10.3. The number of hydrogen-bond acceptors (Lipinski definition) is 5. The number of alkyl halides is 9. The largest absolute Gasteiger partial charge is 0.428 e. The van der Waals surface area contributed by atoms with Crippen LogP contribution in [0.3, 0.4) is 0 Å². The molecule has 0 saturated carbocycles. The predicted octanol–water partition coefficient (Wildman–Crippen LogP) is 7.18. The zero-order valence-electron chi connectivity index (χ0n) is 21.6. The first kappa shape index (κ1) is 34.1. The molecule has 3 rings (SSSR count). The van der Waals surface area contributed by atoms with Gasteiger partial charge in [0.25, 0.3) is 0 Å². The summed E-state index contributed by atoms with van der Waals surface area (Å²) in [6, 6.07) is 3.38. The summed E-state index contributed by atoms with van der Waals surface area (Å²) in [5.41, 5.74) is -7.27. The first-order valence-electron chi connectivity index (χ1n) is 11.9. The van der Waals surface area contributed by atoms with Gasteiger partial charge in [0.2, 0.25) is 11.5 Å². The van der Waals surface area contributed by atoms with E-state index in [-0.39, 0.29) is 41.1 Å². The minimum Gasteiger partial charge on any atom is -0.350 e. The topological polar surface area (TPSA) is 67.4 Å². The van der Waals surface area contributed by atoms with Gasteiger partial charge in [0.15, 0.2) is 4.58 Å². The number of hydroxylamine groups is 1. The van der Waals surface area contributed by atoms with E-state index in [0.717, 1.165) is 0 Å². The molecule has 2 aromatic rings. The molecule has 0 fully saturated rings. The number of halogens is 10. The monoisotopic (exact) mass is 668 g/mol. The fourth-order valence-electron chi connectivity index (χ4n) is 3.85. The average Bonchev–Trinajstić information content (AvgIpc) is 3.36. The zero-order valence-corrected chi connectivity index (χ0v) is 23.9. The molecule has 232 valence electrons. The molecule has 3 unspecified atom stereocenters. The van der Waals surface area contributed by atoms with Crippen molar-refractivity contribution in [2.45, 2.75) is 49.1 Å². The fourth-order valence-corrected chi connectivity index (χ4v) is 6.69. The minimum absolute atomic E-state index is 0.0326. The molecule has 2 N–H and O–H groups in total. The van der Waals surface area contributed by atoms with Crippen molar-refractivity contribution in [2.24, 2.45) is 0 Å². The normalized spacial score (nSPS) is 19.2. The SMILES string of the molecule is CCSC(C(=O)NCc1ccc(C2=CC(c3cc(C(F)(F)F)cc(C(F)(F)F)c3)(C(F)(F)F)ON2)cc1Cl)S(=O)CC. The van der Waals surface area contributed by atoms with Crippen molar-refractivity contribution >= 4 is 45.8 Å². The second-order valence-corrected chi connectivity index (χ2v) is 12.7. The molecule has 17 heteroatoms. The van der Waals surface area contributed by atoms with Gasteiger partial charge in [0.1, 0.15) is 0 Å². The van der Waals surface area contributed by atoms with Crippen molar-refractivity contribution in [3.05, 3.63) is 75.3 Å². The first-order valence-corrected chi connectivity index (χ1v) is 14.7. The molecule has 0 radical (unpaired) electrons. The standard InChI is InChI=1S/C25H22ClF9N2O3S2/c1-3-41-21(42(39)4-2)20(38)36-12-14-6-5-13(7-18(14)26)19-11-22(40-37-19,25(33,34)35)15-8-16(23(27,28)29)10-17(9-15)24(30,31)32/h5-11,21,37H,3-4,12H2,1-2H3,(H,36,38). The highest BCUT2D eigenvalue weighted by molar-refractivity contribution is 8.12. The van der Waals surface area contributed by atoms with E-state index in [9.17, 15) is 48.5 Å². The van der Waals surface area contributed by atoms with Crippen molar-refractivity contribution in [3.8, 4) is 0 Å². The van der Waals surface area contributed by atoms with E-state index in [1.54, 1.807) is 13.8 Å². The van der Waals surface area contributed by atoms with Crippen molar-refractivity contribution in [2.75, 3.05) is 11.5 Å². The van der Waals surface area contributed by atoms with E-state index < -0.39 is 67.8 Å². The smallest absolute Gasteiger partial charge is 0.350 e. The van der Waals surface area contributed by atoms with Gasteiger partial charge in [-0.3, -0.25) is 19.3 Å². The second-order valence-electron chi connectivity index (χ2n) is 8.77. The third-order valence-electron chi connectivity index (χ3n) is 5.98. The summed E-state index contributed by atoms with van der Waals surface area (Å²) in [5, 5.41) is 2.56. The Labute approximate surface area is 245 Å². The van der Waals surface area contributed by atoms with Gasteiger partial charge in [-0.05, 0) is 41.7 Å². The molecular weight excluding hydrogens is 647 g/mol. The summed E-state index contributed by atoms with van der Waals surface area (Å²) >= 11 is 7.45. The number of nitrogens with one attached hydrogen (secondary N) is 2. The van der Waals surface area contributed by atoms with Crippen LogP contribution in [0.1, 0.15) is 41.7 Å². The van der Waals surface area contributed by atoms with Crippen LogP contribution in [0.2, 0.25) is 5.02 Å². The number of hydrogen-bond donors (Lipinski definition) is 2. The fraction of sp³-hybridized carbons (Fsp3) is 0.400. The lowest BCUT2D eigenvalue weighted by atomic mass is 9.88. The Hall–Kier alpha value is -2.43. The van der Waals surface area contributed by atoms with E-state index in [0.29, 0.717) is 17.4 Å². The van der Waals surface area contributed by atoms with Gasteiger partial charge in [-0.25, -0.2) is 0 Å². The highest BCUT2D eigenvalue weighted by Gasteiger charge is 2.60. The lowest BCUT2D eigenvalue weighted by Crippen LogP contribution is -2.43. The van der Waals surface area contributed by atoms with Gasteiger partial charge in [-0.15, -0.1) is 11.8 Å². The summed E-state index contributed by atoms with van der Waals surface area (Å²) in [6.45, 7) is 3.32. The Morgan fingerprint density at radius 3 is 2.10 bits per heavy atom. The summed E-state index contributed by atoms with van der Waals surface area (Å²) in [7, 11) is -1.44. The van der Waals surface area contributed by atoms with Crippen LogP contribution in [-0.4, -0.2) is 32.4 Å². The van der Waals surface area contributed by atoms with Crippen LogP contribution in [0, 0.1) is 0 Å². The van der Waals surface area contributed by atoms with Gasteiger partial charge in [0.05, 0.1) is 16.8 Å². The maximum Gasteiger partial charge on any atom is 0.428 e. The molecular formula is C25H22ClF9N2O3S2. The number of amides is 1. The molecule has 3 atom stereocenters. The predicted molar refractivity (Wildman–Crippen MR) is 140 cm³/mol. The van der Waals surface area contributed by atoms with Gasteiger partial charge in [-0.1, -0.05) is 37.6 Å². The number of carbonyl (C=O) groups is 1. The summed E-state index contributed by atoms with van der Waals surface area (Å²) < 4.78 is 134. The van der Waals surface area contributed by atoms with Crippen LogP contribution in [0.25, 0.3) is 5.70 Å². The zero-order chi connectivity index (χ0) is 31.7. The molecule has 0 spiro atoms. The van der Waals surface area contributed by atoms with Crippen molar-refractivity contribution in [1.29, 1.82) is 0 Å². The van der Waals surface area contributed by atoms with Crippen LogP contribution < -0.4 is 10.8 Å². The summed E-state index contributed by atoms with van der Waals surface area (Å²) in [4.78, 5) is 17.2. The van der Waals surface area contributed by atoms with Crippen LogP contribution >= 0.6 is 23.4 Å². The molecule has 2 aromatic carbocycles. The number of thioether (sulfide) groups is 1. The highest BCUT2D eigenvalue weighted by atomic mass is 35.5. The third kappa shape index (κ3) is 7.37. The van der Waals surface area contributed by atoms with Gasteiger partial charge in [-0.2, -0.15) is 39.5 Å². The number of benzene rings is 2. The van der Waals surface area contributed by atoms with Crippen LogP contribution in [-0.2, 0) is 44.9 Å². The van der Waals surface area contributed by atoms with Crippen molar-refractivity contribution in [3.63, 3.8) is 0 Å². The molecule has 0 saturated heterocycles. The van der Waals surface area contributed by atoms with E-state index in [2.05, 4.69) is 5.32 Å². The molecule has 0 bridgehead atoms. The van der Waals surface area contributed by atoms with Crippen molar-refractivity contribution < 1.29 is 53.4 Å².